The highest BCUT2D eigenvalue weighted by atomic mass is 32.1. The van der Waals surface area contributed by atoms with E-state index in [2.05, 4.69) is 41.8 Å². The molecule has 124 valence electrons. The molecule has 0 aromatic heterocycles. The second kappa shape index (κ2) is 7.09. The normalized spacial score (nSPS) is 15.0. The van der Waals surface area contributed by atoms with Crippen LogP contribution >= 0.6 is 12.2 Å². The fraction of sp³-hybridized carbons (Fsp3) is 0.263. The molecular weight excluding hydrogens is 321 g/mol. The Balaban J connectivity index is 1.74. The summed E-state index contributed by atoms with van der Waals surface area (Å²) in [5.41, 5.74) is 9.83. The van der Waals surface area contributed by atoms with Crippen LogP contribution in [0.5, 0.6) is 0 Å². The van der Waals surface area contributed by atoms with Gasteiger partial charge in [-0.3, -0.25) is 5.43 Å². The Morgan fingerprint density at radius 2 is 1.88 bits per heavy atom. The highest BCUT2D eigenvalue weighted by molar-refractivity contribution is 7.80. The number of fused-ring (bicyclic) bond motifs is 1. The molecule has 2 aromatic rings. The zero-order chi connectivity index (χ0) is 17.1. The minimum Gasteiger partial charge on any atom is -0.331 e. The summed E-state index contributed by atoms with van der Waals surface area (Å²) in [4.78, 5) is 0. The number of thiocarbonyl (C=S) groups is 1. The van der Waals surface area contributed by atoms with Crippen LogP contribution in [0.15, 0.2) is 41.5 Å². The van der Waals surface area contributed by atoms with Gasteiger partial charge in [0, 0.05) is 11.3 Å². The number of halogens is 1. The van der Waals surface area contributed by atoms with Crippen molar-refractivity contribution < 1.29 is 4.39 Å². The Morgan fingerprint density at radius 3 is 2.62 bits per heavy atom. The highest BCUT2D eigenvalue weighted by Gasteiger charge is 2.17. The Hall–Kier alpha value is -2.27. The van der Waals surface area contributed by atoms with Crippen molar-refractivity contribution in [2.75, 3.05) is 5.32 Å². The summed E-state index contributed by atoms with van der Waals surface area (Å²) < 4.78 is 12.9. The average molecular weight is 341 g/mol. The van der Waals surface area contributed by atoms with Crippen molar-refractivity contribution >= 4 is 28.7 Å². The molecule has 5 heteroatoms. The molecule has 0 bridgehead atoms. The van der Waals surface area contributed by atoms with Crippen molar-refractivity contribution in [2.45, 2.75) is 33.1 Å². The van der Waals surface area contributed by atoms with Crippen LogP contribution in [0.2, 0.25) is 0 Å². The monoisotopic (exact) mass is 341 g/mol. The van der Waals surface area contributed by atoms with Crippen molar-refractivity contribution in [1.82, 2.24) is 5.43 Å². The van der Waals surface area contributed by atoms with Gasteiger partial charge in [-0.1, -0.05) is 11.6 Å². The Kier molecular flexibility index (Phi) is 4.90. The van der Waals surface area contributed by atoms with Gasteiger partial charge >= 0.3 is 0 Å². The number of aryl methyl sites for hydroxylation is 2. The van der Waals surface area contributed by atoms with E-state index in [0.717, 1.165) is 30.7 Å². The van der Waals surface area contributed by atoms with Crippen molar-refractivity contribution in [1.29, 1.82) is 0 Å². The van der Waals surface area contributed by atoms with Crippen LogP contribution < -0.4 is 10.7 Å². The molecule has 0 atom stereocenters. The SMILES string of the molecule is Cc1cc(C)c2c(c1)C(=NNC(=S)Nc1ccc(F)cc1)CCC2. The molecule has 0 radical (unpaired) electrons. The molecule has 2 N–H and O–H groups in total. The molecule has 3 nitrogen and oxygen atoms in total. The van der Waals surface area contributed by atoms with Gasteiger partial charge in [0.1, 0.15) is 5.82 Å². The Morgan fingerprint density at radius 1 is 1.12 bits per heavy atom. The second-order valence-electron chi connectivity index (χ2n) is 6.09. The number of anilines is 1. The van der Waals surface area contributed by atoms with Gasteiger partial charge in [0.2, 0.25) is 0 Å². The van der Waals surface area contributed by atoms with Crippen LogP contribution in [-0.2, 0) is 6.42 Å². The number of benzene rings is 2. The quantitative estimate of drug-likeness (QED) is 0.625. The van der Waals surface area contributed by atoms with Gasteiger partial charge in [-0.25, -0.2) is 4.39 Å². The summed E-state index contributed by atoms with van der Waals surface area (Å²) in [5.74, 6) is -0.274. The number of nitrogens with zero attached hydrogens (tertiary/aromatic N) is 1. The van der Waals surface area contributed by atoms with Crippen molar-refractivity contribution in [3.8, 4) is 0 Å². The molecule has 0 heterocycles. The molecule has 0 unspecified atom stereocenters. The van der Waals surface area contributed by atoms with Crippen LogP contribution in [0.4, 0.5) is 10.1 Å². The minimum atomic E-state index is -0.274. The van der Waals surface area contributed by atoms with Crippen LogP contribution in [-0.4, -0.2) is 10.8 Å². The zero-order valence-electron chi connectivity index (χ0n) is 13.8. The van der Waals surface area contributed by atoms with Gasteiger partial charge in [-0.05, 0) is 86.8 Å². The molecule has 24 heavy (non-hydrogen) atoms. The Bertz CT molecular complexity index is 797. The summed E-state index contributed by atoms with van der Waals surface area (Å²) in [7, 11) is 0. The van der Waals surface area contributed by atoms with E-state index in [-0.39, 0.29) is 5.82 Å². The van der Waals surface area contributed by atoms with Crippen molar-refractivity contribution in [2.24, 2.45) is 5.10 Å². The molecule has 1 aliphatic rings. The van der Waals surface area contributed by atoms with Crippen LogP contribution in [0.25, 0.3) is 0 Å². The molecule has 3 rings (SSSR count). The first-order chi connectivity index (χ1) is 11.5. The molecule has 0 amide bonds. The zero-order valence-corrected chi connectivity index (χ0v) is 14.6. The number of rotatable bonds is 2. The van der Waals surface area contributed by atoms with E-state index in [1.165, 1.54) is 34.4 Å². The molecule has 2 aromatic carbocycles. The van der Waals surface area contributed by atoms with Gasteiger partial charge in [0.05, 0.1) is 5.71 Å². The third-order valence-corrected chi connectivity index (χ3v) is 4.36. The summed E-state index contributed by atoms with van der Waals surface area (Å²) in [6, 6.07) is 10.5. The van der Waals surface area contributed by atoms with E-state index in [9.17, 15) is 4.39 Å². The lowest BCUT2D eigenvalue weighted by molar-refractivity contribution is 0.628. The minimum absolute atomic E-state index is 0.274. The van der Waals surface area contributed by atoms with Crippen LogP contribution in [0, 0.1) is 19.7 Å². The van der Waals surface area contributed by atoms with E-state index >= 15 is 0 Å². The standard InChI is InChI=1S/C19H20FN3S/c1-12-10-13(2)16-4-3-5-18(17(16)11-12)22-23-19(24)21-15-8-6-14(20)7-9-15/h6-11H,3-5H2,1-2H3,(H2,21,23,24). The third-order valence-electron chi connectivity index (χ3n) is 4.16. The first kappa shape index (κ1) is 16.6. The van der Waals surface area contributed by atoms with E-state index < -0.39 is 0 Å². The maximum Gasteiger partial charge on any atom is 0.191 e. The van der Waals surface area contributed by atoms with Gasteiger partial charge in [0.25, 0.3) is 0 Å². The summed E-state index contributed by atoms with van der Waals surface area (Å²) >= 11 is 5.26. The predicted molar refractivity (Wildman–Crippen MR) is 101 cm³/mol. The lowest BCUT2D eigenvalue weighted by Gasteiger charge is -2.21. The molecule has 0 fully saturated rings. The fourth-order valence-corrected chi connectivity index (χ4v) is 3.24. The maximum atomic E-state index is 12.9. The number of hydrazone groups is 1. The Labute approximate surface area is 147 Å². The summed E-state index contributed by atoms with van der Waals surface area (Å²) in [5, 5.41) is 7.91. The molecule has 0 spiro atoms. The van der Waals surface area contributed by atoms with Crippen LogP contribution in [0.1, 0.15) is 35.1 Å². The summed E-state index contributed by atoms with van der Waals surface area (Å²) in [6.07, 6.45) is 3.12. The summed E-state index contributed by atoms with van der Waals surface area (Å²) in [6.45, 7) is 4.26. The number of hydrogen-bond donors (Lipinski definition) is 2. The van der Waals surface area contributed by atoms with Crippen molar-refractivity contribution in [3.63, 3.8) is 0 Å². The first-order valence-corrected chi connectivity index (χ1v) is 8.43. The average Bonchev–Trinajstić information content (AvgIpc) is 2.55. The van der Waals surface area contributed by atoms with E-state index in [1.54, 1.807) is 12.1 Å². The van der Waals surface area contributed by atoms with E-state index in [0.29, 0.717) is 5.11 Å². The fourth-order valence-electron chi connectivity index (χ4n) is 3.08. The van der Waals surface area contributed by atoms with Gasteiger partial charge in [-0.15, -0.1) is 0 Å². The van der Waals surface area contributed by atoms with Crippen molar-refractivity contribution in [3.05, 3.63) is 64.5 Å². The highest BCUT2D eigenvalue weighted by Crippen LogP contribution is 2.26. The first-order valence-electron chi connectivity index (χ1n) is 8.02. The van der Waals surface area contributed by atoms with Crippen LogP contribution in [0.3, 0.4) is 0 Å². The lowest BCUT2D eigenvalue weighted by atomic mass is 9.86. The second-order valence-corrected chi connectivity index (χ2v) is 6.50. The third kappa shape index (κ3) is 3.79. The number of hydrogen-bond acceptors (Lipinski definition) is 2. The van der Waals surface area contributed by atoms with E-state index in [4.69, 9.17) is 12.2 Å². The smallest absolute Gasteiger partial charge is 0.191 e. The molecular formula is C19H20FN3S. The van der Waals surface area contributed by atoms with Gasteiger partial charge in [0.15, 0.2) is 5.11 Å². The largest absolute Gasteiger partial charge is 0.331 e. The molecule has 1 aliphatic carbocycles. The van der Waals surface area contributed by atoms with E-state index in [1.807, 2.05) is 0 Å². The van der Waals surface area contributed by atoms with Gasteiger partial charge in [-0.2, -0.15) is 5.10 Å². The molecule has 0 aliphatic heterocycles. The predicted octanol–water partition coefficient (Wildman–Crippen LogP) is 4.47. The lowest BCUT2D eigenvalue weighted by Crippen LogP contribution is -2.26. The molecule has 0 saturated carbocycles. The molecule has 0 saturated heterocycles. The van der Waals surface area contributed by atoms with Gasteiger partial charge < -0.3 is 5.32 Å². The topological polar surface area (TPSA) is 36.4 Å². The number of nitrogens with one attached hydrogen (secondary N) is 2. The maximum absolute atomic E-state index is 12.9.